The van der Waals surface area contributed by atoms with Crippen molar-refractivity contribution in [1.82, 2.24) is 15.5 Å². The van der Waals surface area contributed by atoms with E-state index in [1.165, 1.54) is 9.77 Å². The molecule has 160 valence electrons. The number of hydrogen-bond donors (Lipinski definition) is 2. The number of halogens is 1. The number of aliphatic imine (C=N–C) groups is 1. The number of rotatable bonds is 8. The molecule has 0 amide bonds. The zero-order valence-electron chi connectivity index (χ0n) is 17.0. The Kier molecular flexibility index (Phi) is 11.4. The van der Waals surface area contributed by atoms with Gasteiger partial charge in [0, 0.05) is 48.2 Å². The van der Waals surface area contributed by atoms with Crippen LogP contribution in [-0.4, -0.2) is 62.5 Å². The summed E-state index contributed by atoms with van der Waals surface area (Å²) in [7, 11) is 1.83. The quantitative estimate of drug-likeness (QED) is 0.226. The van der Waals surface area contributed by atoms with Crippen LogP contribution in [0.2, 0.25) is 0 Å². The number of benzene rings is 1. The van der Waals surface area contributed by atoms with Crippen LogP contribution in [0.15, 0.2) is 57.7 Å². The second kappa shape index (κ2) is 13.5. The van der Waals surface area contributed by atoms with Crippen LogP contribution in [-0.2, 0) is 4.74 Å². The molecule has 0 radical (unpaired) electrons. The third-order valence-electron chi connectivity index (χ3n) is 4.68. The van der Waals surface area contributed by atoms with Gasteiger partial charge >= 0.3 is 0 Å². The lowest BCUT2D eigenvalue weighted by Gasteiger charge is -2.34. The number of nitrogens with zero attached hydrogens (tertiary/aromatic N) is 2. The van der Waals surface area contributed by atoms with E-state index >= 15 is 0 Å². The molecule has 2 aromatic rings. The van der Waals surface area contributed by atoms with Crippen LogP contribution in [0.25, 0.3) is 0 Å². The Hall–Kier alpha value is -0.810. The van der Waals surface area contributed by atoms with Crippen molar-refractivity contribution in [1.29, 1.82) is 0 Å². The number of nitrogens with one attached hydrogen (secondary N) is 2. The predicted molar refractivity (Wildman–Crippen MR) is 136 cm³/mol. The molecule has 1 aliphatic rings. The van der Waals surface area contributed by atoms with Gasteiger partial charge in [0.2, 0.25) is 0 Å². The number of hydrogen-bond acceptors (Lipinski definition) is 5. The summed E-state index contributed by atoms with van der Waals surface area (Å²) < 4.78 is 5.53. The Morgan fingerprint density at radius 1 is 1.14 bits per heavy atom. The minimum absolute atomic E-state index is 0. The lowest BCUT2D eigenvalue weighted by atomic mass is 10.2. The Balaban J connectivity index is 0.00000300. The van der Waals surface area contributed by atoms with Crippen LogP contribution >= 0.6 is 47.1 Å². The highest BCUT2D eigenvalue weighted by molar-refractivity contribution is 14.0. The van der Waals surface area contributed by atoms with Crippen molar-refractivity contribution in [2.45, 2.75) is 23.1 Å². The molecular formula is C21H31IN4OS2. The molecule has 0 spiro atoms. The molecule has 1 aromatic heterocycles. The maximum absolute atomic E-state index is 5.53. The molecule has 29 heavy (non-hydrogen) atoms. The smallest absolute Gasteiger partial charge is 0.191 e. The highest BCUT2D eigenvalue weighted by Gasteiger charge is 2.23. The fourth-order valence-corrected chi connectivity index (χ4v) is 5.01. The molecule has 1 aliphatic heterocycles. The first-order chi connectivity index (χ1) is 13.8. The van der Waals surface area contributed by atoms with Gasteiger partial charge in [-0.2, -0.15) is 0 Å². The summed E-state index contributed by atoms with van der Waals surface area (Å²) in [6, 6.07) is 15.2. The SMILES string of the molecule is CN=C(NCC(C)Sc1ccccc1)NCC(c1cccs1)N1CCOCC1.I. The minimum Gasteiger partial charge on any atom is -0.379 e. The van der Waals surface area contributed by atoms with E-state index in [-0.39, 0.29) is 24.0 Å². The van der Waals surface area contributed by atoms with E-state index in [1.54, 1.807) is 0 Å². The van der Waals surface area contributed by atoms with Gasteiger partial charge in [0.25, 0.3) is 0 Å². The van der Waals surface area contributed by atoms with Crippen molar-refractivity contribution < 1.29 is 4.74 Å². The number of ether oxygens (including phenoxy) is 1. The average Bonchev–Trinajstić information content (AvgIpc) is 3.26. The first kappa shape index (κ1) is 24.5. The van der Waals surface area contributed by atoms with Crippen molar-refractivity contribution in [2.75, 3.05) is 46.4 Å². The lowest BCUT2D eigenvalue weighted by Crippen LogP contribution is -2.46. The van der Waals surface area contributed by atoms with Gasteiger partial charge in [-0.3, -0.25) is 9.89 Å². The number of thioether (sulfide) groups is 1. The zero-order valence-corrected chi connectivity index (χ0v) is 21.0. The molecule has 2 heterocycles. The van der Waals surface area contributed by atoms with E-state index in [0.717, 1.165) is 45.4 Å². The molecule has 5 nitrogen and oxygen atoms in total. The monoisotopic (exact) mass is 546 g/mol. The molecule has 2 unspecified atom stereocenters. The summed E-state index contributed by atoms with van der Waals surface area (Å²) in [6.45, 7) is 7.50. The van der Waals surface area contributed by atoms with Crippen LogP contribution in [0, 0.1) is 0 Å². The van der Waals surface area contributed by atoms with E-state index in [0.29, 0.717) is 11.3 Å². The third-order valence-corrected chi connectivity index (χ3v) is 6.77. The normalized spacial score (nSPS) is 17.2. The lowest BCUT2D eigenvalue weighted by molar-refractivity contribution is 0.0177. The summed E-state index contributed by atoms with van der Waals surface area (Å²) in [5.41, 5.74) is 0. The second-order valence-corrected chi connectivity index (χ2v) is 9.25. The molecule has 1 saturated heterocycles. The standard InChI is InChI=1S/C21H30N4OS2.HI/c1-17(28-18-7-4-3-5-8-18)15-23-21(22-2)24-16-19(20-9-6-14-27-20)25-10-12-26-13-11-25;/h3-9,14,17,19H,10-13,15-16H2,1-2H3,(H2,22,23,24);1H. The van der Waals surface area contributed by atoms with E-state index in [9.17, 15) is 0 Å². The summed E-state index contributed by atoms with van der Waals surface area (Å²) in [5.74, 6) is 0.857. The van der Waals surface area contributed by atoms with E-state index in [2.05, 4.69) is 75.3 Å². The van der Waals surface area contributed by atoms with Crippen molar-refractivity contribution in [3.05, 3.63) is 52.7 Å². The molecular weight excluding hydrogens is 515 g/mol. The van der Waals surface area contributed by atoms with Gasteiger partial charge in [-0.05, 0) is 23.6 Å². The summed E-state index contributed by atoms with van der Waals surface area (Å²) in [4.78, 5) is 9.60. The molecule has 8 heteroatoms. The molecule has 1 fully saturated rings. The van der Waals surface area contributed by atoms with Crippen LogP contribution in [0.3, 0.4) is 0 Å². The number of guanidine groups is 1. The molecule has 2 N–H and O–H groups in total. The minimum atomic E-state index is 0. The van der Waals surface area contributed by atoms with Gasteiger partial charge in [0.1, 0.15) is 0 Å². The van der Waals surface area contributed by atoms with Gasteiger partial charge in [-0.1, -0.05) is 31.2 Å². The predicted octanol–water partition coefficient (Wildman–Crippen LogP) is 4.09. The molecule has 0 saturated carbocycles. The topological polar surface area (TPSA) is 48.9 Å². The molecule has 2 atom stereocenters. The first-order valence-corrected chi connectivity index (χ1v) is 11.5. The van der Waals surface area contributed by atoms with Gasteiger partial charge < -0.3 is 15.4 Å². The maximum atomic E-state index is 5.53. The van der Waals surface area contributed by atoms with Crippen molar-refractivity contribution in [3.8, 4) is 0 Å². The fourth-order valence-electron chi connectivity index (χ4n) is 3.21. The van der Waals surface area contributed by atoms with E-state index < -0.39 is 0 Å². The van der Waals surface area contributed by atoms with Crippen LogP contribution < -0.4 is 10.6 Å². The second-order valence-electron chi connectivity index (χ2n) is 6.76. The Morgan fingerprint density at radius 2 is 1.86 bits per heavy atom. The summed E-state index contributed by atoms with van der Waals surface area (Å²) in [6.07, 6.45) is 0. The Labute approximate surface area is 199 Å². The molecule has 3 rings (SSSR count). The number of thiophene rings is 1. The molecule has 1 aromatic carbocycles. The third kappa shape index (κ3) is 8.09. The van der Waals surface area contributed by atoms with Gasteiger partial charge in [-0.15, -0.1) is 47.1 Å². The van der Waals surface area contributed by atoms with Crippen LogP contribution in [0.4, 0.5) is 0 Å². The first-order valence-electron chi connectivity index (χ1n) is 9.77. The van der Waals surface area contributed by atoms with Crippen LogP contribution in [0.1, 0.15) is 17.8 Å². The molecule has 0 bridgehead atoms. The van der Waals surface area contributed by atoms with Crippen molar-refractivity contribution in [3.63, 3.8) is 0 Å². The largest absolute Gasteiger partial charge is 0.379 e. The zero-order chi connectivity index (χ0) is 19.6. The van der Waals surface area contributed by atoms with Gasteiger partial charge in [0.15, 0.2) is 5.96 Å². The fraction of sp³-hybridized carbons (Fsp3) is 0.476. The summed E-state index contributed by atoms with van der Waals surface area (Å²) in [5, 5.41) is 9.60. The maximum Gasteiger partial charge on any atom is 0.191 e. The van der Waals surface area contributed by atoms with Crippen molar-refractivity contribution in [2.24, 2.45) is 4.99 Å². The molecule has 0 aliphatic carbocycles. The Morgan fingerprint density at radius 3 is 2.52 bits per heavy atom. The van der Waals surface area contributed by atoms with E-state index in [4.69, 9.17) is 4.74 Å². The average molecular weight is 547 g/mol. The van der Waals surface area contributed by atoms with Crippen molar-refractivity contribution >= 4 is 53.0 Å². The van der Waals surface area contributed by atoms with Gasteiger partial charge in [0.05, 0.1) is 19.3 Å². The highest BCUT2D eigenvalue weighted by atomic mass is 127. The van der Waals surface area contributed by atoms with Crippen LogP contribution in [0.5, 0.6) is 0 Å². The van der Waals surface area contributed by atoms with Gasteiger partial charge in [-0.25, -0.2) is 0 Å². The van der Waals surface area contributed by atoms with E-state index in [1.807, 2.05) is 30.1 Å². The summed E-state index contributed by atoms with van der Waals surface area (Å²) >= 11 is 3.69. The Bertz CT molecular complexity index is 709. The highest BCUT2D eigenvalue weighted by Crippen LogP contribution is 2.25. The number of morpholine rings is 1.